The first kappa shape index (κ1) is 30.4. The highest BCUT2D eigenvalue weighted by Gasteiger charge is 2.18. The van der Waals surface area contributed by atoms with Crippen LogP contribution in [0.3, 0.4) is 0 Å². The van der Waals surface area contributed by atoms with Gasteiger partial charge in [-0.15, -0.1) is 0 Å². The van der Waals surface area contributed by atoms with Gasteiger partial charge in [-0.1, -0.05) is 81.6 Å². The number of aromatic nitrogens is 2. The predicted molar refractivity (Wildman–Crippen MR) is 152 cm³/mol. The standard InChI is InChI=1S/C34H36N2O.2ClH/c1-24(2)10-4-3-5-11-25-20-28(22-32-30-14-8-6-12-26(30)16-18-35-32)34(37)29(21-25)23-33-31-15-9-7-13-27(31)17-19-36-33;;/h6-9,12-21,24,37H,3-5,10-11,22-23H2,1-2H3;2*1H. The number of pyridine rings is 2. The zero-order valence-corrected chi connectivity index (χ0v) is 24.3. The molecule has 0 atom stereocenters. The van der Waals surface area contributed by atoms with E-state index in [1.807, 2.05) is 12.4 Å². The van der Waals surface area contributed by atoms with Gasteiger partial charge in [0.2, 0.25) is 0 Å². The molecule has 3 N–H and O–H groups in total. The normalized spacial score (nSPS) is 10.9. The Bertz CT molecular complexity index is 1400. The minimum absolute atomic E-state index is 0. The zero-order chi connectivity index (χ0) is 25.6. The van der Waals surface area contributed by atoms with Crippen molar-refractivity contribution in [3.63, 3.8) is 0 Å². The van der Waals surface area contributed by atoms with Crippen molar-refractivity contribution in [2.24, 2.45) is 5.92 Å². The molecular weight excluding hydrogens is 523 g/mol. The van der Waals surface area contributed by atoms with Crippen LogP contribution in [0.25, 0.3) is 21.5 Å². The summed E-state index contributed by atoms with van der Waals surface area (Å²) < 4.78 is 0. The Morgan fingerprint density at radius 3 is 1.69 bits per heavy atom. The molecule has 0 aliphatic carbocycles. The molecule has 204 valence electrons. The Balaban J connectivity index is 0.00000210. The van der Waals surface area contributed by atoms with Crippen LogP contribution in [0.15, 0.2) is 85.2 Å². The van der Waals surface area contributed by atoms with E-state index in [-0.39, 0.29) is 24.8 Å². The molecule has 0 saturated carbocycles. The maximum Gasteiger partial charge on any atom is 0.192 e. The highest BCUT2D eigenvalue weighted by molar-refractivity contribution is 5.84. The van der Waals surface area contributed by atoms with Crippen molar-refractivity contribution in [3.05, 3.63) is 113 Å². The van der Waals surface area contributed by atoms with Crippen molar-refractivity contribution >= 4 is 21.5 Å². The third kappa shape index (κ3) is 7.50. The SMILES string of the molecule is CC(C)CCCCCc1cc(Cc2[nH+]ccc3ccccc23)c(O)c(Cc2[nH+]ccc3ccccc23)c1.[Cl-].[Cl-]. The van der Waals surface area contributed by atoms with Gasteiger partial charge in [-0.3, -0.25) is 0 Å². The van der Waals surface area contributed by atoms with E-state index in [4.69, 9.17) is 0 Å². The minimum atomic E-state index is 0. The Hall–Kier alpha value is -3.14. The molecule has 0 radical (unpaired) electrons. The summed E-state index contributed by atoms with van der Waals surface area (Å²) in [6.07, 6.45) is 11.4. The molecule has 0 aliphatic rings. The summed E-state index contributed by atoms with van der Waals surface area (Å²) in [6, 6.07) is 25.6. The van der Waals surface area contributed by atoms with E-state index in [0.717, 1.165) is 34.9 Å². The zero-order valence-electron chi connectivity index (χ0n) is 22.8. The monoisotopic (exact) mass is 560 g/mol. The summed E-state index contributed by atoms with van der Waals surface area (Å²) in [5.41, 5.74) is 5.55. The number of rotatable bonds is 10. The topological polar surface area (TPSA) is 48.5 Å². The molecule has 0 aliphatic heterocycles. The molecule has 39 heavy (non-hydrogen) atoms. The number of hydrogen-bond donors (Lipinski definition) is 1. The fraction of sp³-hybridized carbons (Fsp3) is 0.294. The van der Waals surface area contributed by atoms with Gasteiger partial charge in [-0.2, -0.15) is 0 Å². The molecule has 5 heteroatoms. The van der Waals surface area contributed by atoms with Crippen molar-refractivity contribution in [1.29, 1.82) is 0 Å². The highest BCUT2D eigenvalue weighted by Crippen LogP contribution is 2.31. The molecule has 3 aromatic carbocycles. The van der Waals surface area contributed by atoms with Crippen LogP contribution in [0.4, 0.5) is 0 Å². The number of aryl methyl sites for hydroxylation is 1. The minimum Gasteiger partial charge on any atom is -1.00 e. The Morgan fingerprint density at radius 1 is 0.667 bits per heavy atom. The van der Waals surface area contributed by atoms with Crippen LogP contribution in [0.5, 0.6) is 5.75 Å². The van der Waals surface area contributed by atoms with Gasteiger partial charge in [0.25, 0.3) is 0 Å². The average molecular weight is 562 g/mol. The molecule has 0 fully saturated rings. The molecule has 2 aromatic heterocycles. The van der Waals surface area contributed by atoms with Crippen molar-refractivity contribution in [3.8, 4) is 5.75 Å². The number of unbranched alkanes of at least 4 members (excludes halogenated alkanes) is 2. The lowest BCUT2D eigenvalue weighted by atomic mass is 9.93. The number of fused-ring (bicyclic) bond motifs is 2. The molecule has 0 amide bonds. The highest BCUT2D eigenvalue weighted by atomic mass is 35.5. The van der Waals surface area contributed by atoms with Crippen LogP contribution in [0.2, 0.25) is 0 Å². The lowest BCUT2D eigenvalue weighted by molar-refractivity contribution is -0.387. The second-order valence-electron chi connectivity index (χ2n) is 10.7. The molecule has 0 bridgehead atoms. The van der Waals surface area contributed by atoms with E-state index >= 15 is 0 Å². The van der Waals surface area contributed by atoms with Gasteiger partial charge in [0.15, 0.2) is 23.8 Å². The first-order valence-electron chi connectivity index (χ1n) is 13.7. The number of nitrogens with one attached hydrogen (secondary N) is 2. The lowest BCUT2D eigenvalue weighted by Gasteiger charge is -2.13. The smallest absolute Gasteiger partial charge is 0.192 e. The first-order chi connectivity index (χ1) is 18.1. The second-order valence-corrected chi connectivity index (χ2v) is 10.7. The van der Waals surface area contributed by atoms with Gasteiger partial charge in [-0.05, 0) is 47.2 Å². The summed E-state index contributed by atoms with van der Waals surface area (Å²) in [7, 11) is 0. The van der Waals surface area contributed by atoms with Crippen LogP contribution in [0, 0.1) is 5.92 Å². The maximum absolute atomic E-state index is 11.5. The Kier molecular flexibility index (Phi) is 11.2. The molecule has 2 heterocycles. The summed E-state index contributed by atoms with van der Waals surface area (Å²) in [6.45, 7) is 4.60. The first-order valence-corrected chi connectivity index (χ1v) is 13.7. The van der Waals surface area contributed by atoms with E-state index in [2.05, 4.69) is 96.6 Å². The van der Waals surface area contributed by atoms with Crippen LogP contribution in [-0.2, 0) is 19.3 Å². The van der Waals surface area contributed by atoms with Crippen molar-refractivity contribution in [2.75, 3.05) is 0 Å². The van der Waals surface area contributed by atoms with Crippen molar-refractivity contribution in [2.45, 2.75) is 58.8 Å². The van der Waals surface area contributed by atoms with E-state index in [1.54, 1.807) is 0 Å². The number of halogens is 2. The number of phenolic OH excluding ortho intramolecular Hbond substituents is 1. The summed E-state index contributed by atoms with van der Waals surface area (Å²) in [5.74, 6) is 1.17. The third-order valence-corrected chi connectivity index (χ3v) is 7.42. The number of hydrogen-bond acceptors (Lipinski definition) is 1. The van der Waals surface area contributed by atoms with Crippen molar-refractivity contribution in [1.82, 2.24) is 0 Å². The summed E-state index contributed by atoms with van der Waals surface area (Å²) >= 11 is 0. The molecule has 5 rings (SSSR count). The number of H-pyrrole nitrogens is 2. The average Bonchev–Trinajstić information content (AvgIpc) is 2.91. The van der Waals surface area contributed by atoms with Gasteiger partial charge >= 0.3 is 0 Å². The fourth-order valence-corrected chi connectivity index (χ4v) is 5.43. The fourth-order valence-electron chi connectivity index (χ4n) is 5.43. The van der Waals surface area contributed by atoms with Gasteiger partial charge in [0.1, 0.15) is 5.75 Å². The van der Waals surface area contributed by atoms with E-state index < -0.39 is 0 Å². The van der Waals surface area contributed by atoms with Crippen LogP contribution in [0.1, 0.15) is 67.6 Å². The number of aromatic hydroxyl groups is 1. The Morgan fingerprint density at radius 2 is 1.18 bits per heavy atom. The number of aromatic amines is 2. The molecule has 5 aromatic rings. The van der Waals surface area contributed by atoms with Crippen LogP contribution < -0.4 is 34.8 Å². The summed E-state index contributed by atoms with van der Waals surface area (Å²) in [4.78, 5) is 6.91. The number of phenols is 1. The molecule has 3 nitrogen and oxygen atoms in total. The van der Waals surface area contributed by atoms with Gasteiger partial charge in [-0.25, -0.2) is 9.97 Å². The van der Waals surface area contributed by atoms with E-state index in [9.17, 15) is 5.11 Å². The van der Waals surface area contributed by atoms with Gasteiger partial charge in [0.05, 0.1) is 12.8 Å². The predicted octanol–water partition coefficient (Wildman–Crippen LogP) is 1.28. The number of benzene rings is 3. The quantitative estimate of drug-likeness (QED) is 0.257. The van der Waals surface area contributed by atoms with E-state index in [1.165, 1.54) is 52.8 Å². The summed E-state index contributed by atoms with van der Waals surface area (Å²) in [5, 5.41) is 16.3. The molecular formula is C34H38Cl2N2O. The third-order valence-electron chi connectivity index (χ3n) is 7.42. The lowest BCUT2D eigenvalue weighted by Crippen LogP contribution is -3.00. The van der Waals surface area contributed by atoms with Crippen LogP contribution >= 0.6 is 0 Å². The van der Waals surface area contributed by atoms with Gasteiger partial charge < -0.3 is 29.9 Å². The molecule has 0 spiro atoms. The van der Waals surface area contributed by atoms with E-state index in [0.29, 0.717) is 18.6 Å². The van der Waals surface area contributed by atoms with Crippen molar-refractivity contribution < 1.29 is 39.9 Å². The molecule has 0 saturated heterocycles. The van der Waals surface area contributed by atoms with Crippen LogP contribution in [-0.4, -0.2) is 5.11 Å². The molecule has 0 unspecified atom stereocenters. The second kappa shape index (κ2) is 14.3. The Labute approximate surface area is 244 Å². The van der Waals surface area contributed by atoms with Gasteiger partial charge in [0, 0.05) is 34.0 Å². The largest absolute Gasteiger partial charge is 1.00 e. The maximum atomic E-state index is 11.5.